The van der Waals surface area contributed by atoms with Crippen LogP contribution in [0.1, 0.15) is 214 Å². The predicted molar refractivity (Wildman–Crippen MR) is 338 cm³/mol. The first-order valence-corrected chi connectivity index (χ1v) is 32.8. The van der Waals surface area contributed by atoms with Crippen molar-refractivity contribution in [2.24, 2.45) is 0 Å². The molecule has 0 saturated carbocycles. The van der Waals surface area contributed by atoms with Gasteiger partial charge in [0.15, 0.2) is 0 Å². The fraction of sp³-hybridized carbons (Fsp3) is 0.618. The lowest BCUT2D eigenvalue weighted by Crippen LogP contribution is -2.67. The number of nitrogens with one attached hydrogen (secondary N) is 2. The van der Waals surface area contributed by atoms with Gasteiger partial charge in [-0.15, -0.1) is 0 Å². The first-order valence-electron chi connectivity index (χ1n) is 30.9. The minimum atomic E-state index is -2.50. The topological polar surface area (TPSA) is 193 Å². The molecule has 0 spiro atoms. The number of hydrogen-bond acceptors (Lipinski definition) is 12. The molecule has 2 amide bonds. The highest BCUT2D eigenvalue weighted by Crippen LogP contribution is 2.38. The van der Waals surface area contributed by atoms with Crippen LogP contribution in [0.3, 0.4) is 0 Å². The Labute approximate surface area is 501 Å². The Morgan fingerprint density at radius 3 is 1.08 bits per heavy atom. The number of amides is 2. The average molecular weight is 1170 g/mol. The third kappa shape index (κ3) is 36.0. The smallest absolute Gasteiger partial charge is 0.328 e. The van der Waals surface area contributed by atoms with Gasteiger partial charge in [0, 0.05) is 18.9 Å². The molecular formula is C68H108N2O12Si. The molecule has 2 aromatic rings. The SMILES string of the molecule is COC(=O)C[C@H](NC(=O)CCC/C=C\CCCCCCC/C=C\CCC[C@H](C)O)C(=O)OC.COC(=O)C[C@H](NC(=O)CCC/C=C\CCCCCCC/C=C\CCC[C@H](C)O[Si](c1ccccc1)(c1ccccc1)C(C)(C)C)C(=O)OC. The van der Waals surface area contributed by atoms with Crippen LogP contribution in [0.25, 0.3) is 0 Å². The molecule has 0 aromatic heterocycles. The molecule has 0 aliphatic carbocycles. The number of aliphatic hydroxyl groups excluding tert-OH is 1. The van der Waals surface area contributed by atoms with Crippen molar-refractivity contribution in [3.63, 3.8) is 0 Å². The van der Waals surface area contributed by atoms with Crippen LogP contribution in [0, 0.1) is 0 Å². The standard InChI is InChI=1S/C42H63NO6Si.C26H45NO6/c1-35(49-50(42(2,3)4,36-29-23-20-24-30-36)37-31-25-21-26-32-37)28-22-18-16-14-12-10-8-7-9-11-13-15-17-19-27-33-39(44)43-38(41(46)48-6)34-40(45)47-5;1-22(28)19-17-15-13-11-9-7-5-4-6-8-10-12-14-16-18-20-24(29)27-23(26(31)33-3)21-25(30)32-2/h14-17,20-21,23-26,29-32,35,38H,7-13,18-19,22,27-28,33-34H2,1-6H3,(H,43,44);11-14,22-23,28H,4-10,15-21H2,1-3H3,(H,27,29)/b16-14-,17-15-;13-11-,14-12-/t35-,38-;22-,23-/m00/s1. The van der Waals surface area contributed by atoms with Crippen LogP contribution in [-0.4, -0.2) is 102 Å². The Hall–Kier alpha value is -5.64. The molecule has 466 valence electrons. The van der Waals surface area contributed by atoms with Crippen LogP contribution in [-0.2, 0) is 52.1 Å². The van der Waals surface area contributed by atoms with Crippen LogP contribution in [0.2, 0.25) is 5.04 Å². The van der Waals surface area contributed by atoms with Gasteiger partial charge in [0.25, 0.3) is 8.32 Å². The maximum absolute atomic E-state index is 12.2. The van der Waals surface area contributed by atoms with Crippen molar-refractivity contribution in [3.05, 3.63) is 109 Å². The largest absolute Gasteiger partial charge is 0.469 e. The van der Waals surface area contributed by atoms with Crippen LogP contribution in [0.4, 0.5) is 0 Å². The van der Waals surface area contributed by atoms with Gasteiger partial charge in [-0.2, -0.15) is 0 Å². The zero-order valence-corrected chi connectivity index (χ0v) is 53.4. The lowest BCUT2D eigenvalue weighted by atomic mass is 10.1. The number of ether oxygens (including phenoxy) is 4. The number of allylic oxidation sites excluding steroid dienone is 8. The van der Waals surface area contributed by atoms with Gasteiger partial charge in [0.1, 0.15) is 12.1 Å². The molecule has 2 rings (SSSR count). The van der Waals surface area contributed by atoms with E-state index in [4.69, 9.17) is 4.43 Å². The predicted octanol–water partition coefficient (Wildman–Crippen LogP) is 13.1. The molecule has 0 aliphatic rings. The van der Waals surface area contributed by atoms with Gasteiger partial charge in [-0.1, -0.05) is 169 Å². The molecule has 0 heterocycles. The third-order valence-corrected chi connectivity index (χ3v) is 19.5. The van der Waals surface area contributed by atoms with E-state index in [0.717, 1.165) is 77.0 Å². The minimum Gasteiger partial charge on any atom is -0.469 e. The molecule has 15 heteroatoms. The van der Waals surface area contributed by atoms with Gasteiger partial charge in [0.2, 0.25) is 11.8 Å². The highest BCUT2D eigenvalue weighted by molar-refractivity contribution is 6.99. The molecule has 0 radical (unpaired) electrons. The van der Waals surface area contributed by atoms with Crippen LogP contribution in [0.15, 0.2) is 109 Å². The Balaban J connectivity index is 0.000000907. The number of carbonyl (C=O) groups is 6. The summed E-state index contributed by atoms with van der Waals surface area (Å²) in [5.41, 5.74) is 0. The van der Waals surface area contributed by atoms with E-state index < -0.39 is 44.3 Å². The molecule has 3 N–H and O–H groups in total. The summed E-state index contributed by atoms with van der Waals surface area (Å²) in [6.07, 6.45) is 43.8. The van der Waals surface area contributed by atoms with Crippen molar-refractivity contribution >= 4 is 54.4 Å². The molecule has 2 aromatic carbocycles. The number of carbonyl (C=O) groups excluding carboxylic acids is 6. The molecule has 4 atom stereocenters. The lowest BCUT2D eigenvalue weighted by Gasteiger charge is -2.44. The van der Waals surface area contributed by atoms with E-state index >= 15 is 0 Å². The maximum atomic E-state index is 12.2. The van der Waals surface area contributed by atoms with Gasteiger partial charge < -0.3 is 39.1 Å². The normalized spacial score (nSPS) is 13.3. The van der Waals surface area contributed by atoms with Crippen LogP contribution < -0.4 is 21.0 Å². The van der Waals surface area contributed by atoms with E-state index in [9.17, 15) is 33.9 Å². The van der Waals surface area contributed by atoms with Crippen LogP contribution >= 0.6 is 0 Å². The number of methoxy groups -OCH3 is 4. The lowest BCUT2D eigenvalue weighted by molar-refractivity contribution is -0.150. The van der Waals surface area contributed by atoms with Gasteiger partial charge in [0.05, 0.1) is 47.4 Å². The number of rotatable bonds is 44. The summed E-state index contributed by atoms with van der Waals surface area (Å²) in [6.45, 7) is 11.1. The minimum absolute atomic E-state index is 0.00226. The molecule has 83 heavy (non-hydrogen) atoms. The first-order chi connectivity index (χ1) is 39.9. The zero-order valence-electron chi connectivity index (χ0n) is 52.4. The van der Waals surface area contributed by atoms with Crippen molar-refractivity contribution in [2.75, 3.05) is 28.4 Å². The Morgan fingerprint density at radius 2 is 0.771 bits per heavy atom. The van der Waals surface area contributed by atoms with Crippen molar-refractivity contribution in [1.82, 2.24) is 10.6 Å². The Morgan fingerprint density at radius 1 is 0.458 bits per heavy atom. The highest BCUT2D eigenvalue weighted by atomic mass is 28.4. The van der Waals surface area contributed by atoms with Crippen molar-refractivity contribution in [1.29, 1.82) is 0 Å². The summed E-state index contributed by atoms with van der Waals surface area (Å²) in [5.74, 6) is -3.03. The maximum Gasteiger partial charge on any atom is 0.328 e. The molecule has 14 nitrogen and oxygen atoms in total. The van der Waals surface area contributed by atoms with Gasteiger partial charge in [-0.3, -0.25) is 19.2 Å². The second-order valence-electron chi connectivity index (χ2n) is 22.5. The second-order valence-corrected chi connectivity index (χ2v) is 26.8. The molecule has 0 fully saturated rings. The van der Waals surface area contributed by atoms with E-state index in [1.807, 2.05) is 6.92 Å². The Kier molecular flexibility index (Phi) is 43.3. The zero-order chi connectivity index (χ0) is 61.4. The first kappa shape index (κ1) is 75.4. The number of unbranched alkanes of at least 4 members (excludes halogenated alkanes) is 16. The van der Waals surface area contributed by atoms with Gasteiger partial charge in [-0.25, -0.2) is 9.59 Å². The monoisotopic (exact) mass is 1170 g/mol. The third-order valence-electron chi connectivity index (χ3n) is 14.3. The summed E-state index contributed by atoms with van der Waals surface area (Å²) in [7, 11) is 2.40. The fourth-order valence-electron chi connectivity index (χ4n) is 9.62. The summed E-state index contributed by atoms with van der Waals surface area (Å²) < 4.78 is 25.6. The Bertz CT molecular complexity index is 2130. The highest BCUT2D eigenvalue weighted by Gasteiger charge is 2.51. The van der Waals surface area contributed by atoms with E-state index in [2.05, 4.69) is 167 Å². The number of esters is 4. The summed E-state index contributed by atoms with van der Waals surface area (Å²) in [6, 6.07) is 19.8. The summed E-state index contributed by atoms with van der Waals surface area (Å²) in [5, 5.41) is 17.0. The molecule has 0 unspecified atom stereocenters. The van der Waals surface area contributed by atoms with Crippen molar-refractivity contribution in [2.45, 2.75) is 244 Å². The number of hydrogen-bond donors (Lipinski definition) is 3. The quantitative estimate of drug-likeness (QED) is 0.0187. The van der Waals surface area contributed by atoms with E-state index in [1.54, 1.807) is 0 Å². The molecular weight excluding hydrogens is 1060 g/mol. The average Bonchev–Trinajstić information content (AvgIpc) is 3.67. The fourth-order valence-corrected chi connectivity index (χ4v) is 14.4. The second kappa shape index (κ2) is 47.7. The van der Waals surface area contributed by atoms with E-state index in [1.165, 1.54) is 103 Å². The van der Waals surface area contributed by atoms with Crippen molar-refractivity contribution in [3.8, 4) is 0 Å². The van der Waals surface area contributed by atoms with Crippen LogP contribution in [0.5, 0.6) is 0 Å². The van der Waals surface area contributed by atoms with Crippen molar-refractivity contribution < 1.29 is 57.2 Å². The molecule has 0 saturated heterocycles. The van der Waals surface area contributed by atoms with E-state index in [-0.39, 0.29) is 54.7 Å². The summed E-state index contributed by atoms with van der Waals surface area (Å²) in [4.78, 5) is 70.5. The molecule has 0 aliphatic heterocycles. The van der Waals surface area contributed by atoms with Gasteiger partial charge in [-0.05, 0) is 145 Å². The number of aliphatic hydroxyl groups is 1. The number of benzene rings is 2. The van der Waals surface area contributed by atoms with Gasteiger partial charge >= 0.3 is 23.9 Å². The summed E-state index contributed by atoms with van der Waals surface area (Å²) >= 11 is 0. The molecule has 0 bridgehead atoms. The van der Waals surface area contributed by atoms with E-state index in [0.29, 0.717) is 12.8 Å².